The molecule has 1 aliphatic heterocycles. The number of alkyl halides is 3. The highest BCUT2D eigenvalue weighted by molar-refractivity contribution is 7.20. The lowest BCUT2D eigenvalue weighted by atomic mass is 10.2. The van der Waals surface area contributed by atoms with Crippen molar-refractivity contribution in [1.82, 2.24) is 9.13 Å². The molecule has 0 saturated carbocycles. The average Bonchev–Trinajstić information content (AvgIpc) is 3.28. The summed E-state index contributed by atoms with van der Waals surface area (Å²) in [6.07, 6.45) is -2.23. The second-order valence-corrected chi connectivity index (χ2v) is 9.89. The SMILES string of the molecule is Cc1c(C=NCC(=O)OC(C)(C)C)sc2c1c(=O)n(CC(F)(F)F)c(=O)n2CC1CCCO1. The highest BCUT2D eigenvalue weighted by Crippen LogP contribution is 2.28. The van der Waals surface area contributed by atoms with Crippen LogP contribution in [0.15, 0.2) is 14.6 Å². The van der Waals surface area contributed by atoms with Crippen molar-refractivity contribution in [3.63, 3.8) is 0 Å². The highest BCUT2D eigenvalue weighted by Gasteiger charge is 2.32. The monoisotopic (exact) mass is 489 g/mol. The molecule has 0 aliphatic carbocycles. The topological polar surface area (TPSA) is 91.9 Å². The molecule has 182 valence electrons. The Bertz CT molecular complexity index is 1180. The molecule has 1 atom stereocenters. The van der Waals surface area contributed by atoms with Gasteiger partial charge in [0.05, 0.1) is 22.9 Å². The minimum atomic E-state index is -4.74. The lowest BCUT2D eigenvalue weighted by Crippen LogP contribution is -2.44. The van der Waals surface area contributed by atoms with E-state index in [2.05, 4.69) is 4.99 Å². The molecule has 1 fully saturated rings. The van der Waals surface area contributed by atoms with E-state index in [0.29, 0.717) is 23.5 Å². The molecule has 2 aromatic rings. The Morgan fingerprint density at radius 2 is 1.97 bits per heavy atom. The van der Waals surface area contributed by atoms with Gasteiger partial charge in [0, 0.05) is 12.8 Å². The molecule has 33 heavy (non-hydrogen) atoms. The molecule has 0 spiro atoms. The zero-order valence-electron chi connectivity index (χ0n) is 18.8. The minimum absolute atomic E-state index is 0.0283. The standard InChI is InChI=1S/C21H26F3N3O5S/c1-12-14(8-25-9-15(28)32-20(2,3)4)33-18-16(12)17(29)27(11-21(22,23)24)19(30)26(18)10-13-6-5-7-31-13/h8,13H,5-7,9-11H2,1-4H3. The molecule has 3 rings (SSSR count). The Morgan fingerprint density at radius 3 is 2.55 bits per heavy atom. The van der Waals surface area contributed by atoms with Crippen LogP contribution in [0, 0.1) is 6.92 Å². The summed E-state index contributed by atoms with van der Waals surface area (Å²) in [5.41, 5.74) is -2.30. The van der Waals surface area contributed by atoms with Gasteiger partial charge in [-0.15, -0.1) is 11.3 Å². The van der Waals surface area contributed by atoms with Gasteiger partial charge in [0.1, 0.15) is 23.5 Å². The number of aromatic nitrogens is 2. The number of fused-ring (bicyclic) bond motifs is 1. The predicted octanol–water partition coefficient (Wildman–Crippen LogP) is 3.04. The molecule has 3 heterocycles. The molecule has 1 aliphatic rings. The maximum absolute atomic E-state index is 13.1. The van der Waals surface area contributed by atoms with Crippen LogP contribution in [0.5, 0.6) is 0 Å². The van der Waals surface area contributed by atoms with Gasteiger partial charge in [-0.25, -0.2) is 4.79 Å². The van der Waals surface area contributed by atoms with E-state index in [1.165, 1.54) is 10.8 Å². The first-order valence-corrected chi connectivity index (χ1v) is 11.3. The van der Waals surface area contributed by atoms with Crippen molar-refractivity contribution in [3.8, 4) is 0 Å². The van der Waals surface area contributed by atoms with Crippen molar-refractivity contribution < 1.29 is 27.4 Å². The van der Waals surface area contributed by atoms with Crippen molar-refractivity contribution in [2.75, 3.05) is 13.2 Å². The first kappa shape index (κ1) is 25.2. The highest BCUT2D eigenvalue weighted by atomic mass is 32.1. The number of aliphatic imine (C=N–C) groups is 1. The number of carbonyl (C=O) groups excluding carboxylic acids is 1. The van der Waals surface area contributed by atoms with Crippen molar-refractivity contribution in [2.45, 2.75) is 71.5 Å². The van der Waals surface area contributed by atoms with Crippen LogP contribution in [-0.2, 0) is 27.4 Å². The number of aryl methyl sites for hydroxylation is 1. The Labute approximate surface area is 191 Å². The second-order valence-electron chi connectivity index (χ2n) is 8.86. The van der Waals surface area contributed by atoms with Gasteiger partial charge in [-0.3, -0.25) is 23.7 Å². The third kappa shape index (κ3) is 6.11. The van der Waals surface area contributed by atoms with Crippen LogP contribution in [-0.4, -0.2) is 52.4 Å². The number of esters is 1. The lowest BCUT2D eigenvalue weighted by Gasteiger charge is -2.18. The summed E-state index contributed by atoms with van der Waals surface area (Å²) in [4.78, 5) is 42.5. The quantitative estimate of drug-likeness (QED) is 0.460. The molecule has 1 unspecified atom stereocenters. The van der Waals surface area contributed by atoms with E-state index in [-0.39, 0.29) is 34.0 Å². The largest absolute Gasteiger partial charge is 0.459 e. The second kappa shape index (κ2) is 9.41. The maximum Gasteiger partial charge on any atom is 0.406 e. The van der Waals surface area contributed by atoms with E-state index in [1.54, 1.807) is 27.7 Å². The number of hydrogen-bond donors (Lipinski definition) is 0. The van der Waals surface area contributed by atoms with Gasteiger partial charge < -0.3 is 9.47 Å². The number of ether oxygens (including phenoxy) is 2. The summed E-state index contributed by atoms with van der Waals surface area (Å²) in [6.45, 7) is 5.38. The van der Waals surface area contributed by atoms with E-state index in [9.17, 15) is 27.6 Å². The Balaban J connectivity index is 2.06. The molecule has 0 amide bonds. The minimum Gasteiger partial charge on any atom is -0.459 e. The third-order valence-corrected chi connectivity index (χ3v) is 6.18. The summed E-state index contributed by atoms with van der Waals surface area (Å²) in [5, 5.41) is 0.0283. The normalized spacial score (nSPS) is 17.4. The first-order chi connectivity index (χ1) is 15.3. The van der Waals surface area contributed by atoms with Gasteiger partial charge in [-0.05, 0) is 46.1 Å². The molecule has 0 N–H and O–H groups in total. The van der Waals surface area contributed by atoms with Gasteiger partial charge in [-0.1, -0.05) is 0 Å². The molecule has 2 aromatic heterocycles. The molecular formula is C21H26F3N3O5S. The molecule has 1 saturated heterocycles. The number of halogens is 3. The number of thiophene rings is 1. The van der Waals surface area contributed by atoms with Gasteiger partial charge in [-0.2, -0.15) is 13.2 Å². The molecule has 0 radical (unpaired) electrons. The summed E-state index contributed by atoms with van der Waals surface area (Å²) < 4.78 is 51.5. The van der Waals surface area contributed by atoms with Crippen LogP contribution in [0.1, 0.15) is 44.1 Å². The van der Waals surface area contributed by atoms with E-state index in [1.807, 2.05) is 0 Å². The van der Waals surface area contributed by atoms with Gasteiger partial charge in [0.2, 0.25) is 0 Å². The number of hydrogen-bond acceptors (Lipinski definition) is 7. The number of rotatable bonds is 6. The van der Waals surface area contributed by atoms with E-state index < -0.39 is 35.5 Å². The average molecular weight is 490 g/mol. The lowest BCUT2D eigenvalue weighted by molar-refractivity contribution is -0.152. The molecule has 0 bridgehead atoms. The van der Waals surface area contributed by atoms with Crippen molar-refractivity contribution in [2.24, 2.45) is 4.99 Å². The molecular weight excluding hydrogens is 463 g/mol. The summed E-state index contributed by atoms with van der Waals surface area (Å²) in [7, 11) is 0. The van der Waals surface area contributed by atoms with E-state index >= 15 is 0 Å². The van der Waals surface area contributed by atoms with Gasteiger partial charge in [0.25, 0.3) is 5.56 Å². The van der Waals surface area contributed by atoms with Crippen LogP contribution < -0.4 is 11.2 Å². The van der Waals surface area contributed by atoms with Crippen LogP contribution in [0.25, 0.3) is 10.2 Å². The van der Waals surface area contributed by atoms with Crippen molar-refractivity contribution >= 4 is 33.7 Å². The Hall–Kier alpha value is -2.47. The van der Waals surface area contributed by atoms with Gasteiger partial charge in [0.15, 0.2) is 0 Å². The third-order valence-electron chi connectivity index (χ3n) is 4.93. The smallest absolute Gasteiger partial charge is 0.406 e. The number of nitrogens with zero attached hydrogens (tertiary/aromatic N) is 3. The summed E-state index contributed by atoms with van der Waals surface area (Å²) >= 11 is 1.07. The van der Waals surface area contributed by atoms with E-state index in [4.69, 9.17) is 9.47 Å². The molecule has 0 aromatic carbocycles. The van der Waals surface area contributed by atoms with Crippen molar-refractivity contribution in [3.05, 3.63) is 31.3 Å². The van der Waals surface area contributed by atoms with Crippen LogP contribution in [0.4, 0.5) is 13.2 Å². The zero-order valence-corrected chi connectivity index (χ0v) is 19.6. The molecule has 12 heteroatoms. The van der Waals surface area contributed by atoms with Crippen molar-refractivity contribution in [1.29, 1.82) is 0 Å². The predicted molar refractivity (Wildman–Crippen MR) is 118 cm³/mol. The Morgan fingerprint density at radius 1 is 1.27 bits per heavy atom. The molecule has 8 nitrogen and oxygen atoms in total. The fraction of sp³-hybridized carbons (Fsp3) is 0.619. The first-order valence-electron chi connectivity index (χ1n) is 10.4. The summed E-state index contributed by atoms with van der Waals surface area (Å²) in [6, 6.07) is 0. The number of carbonyl (C=O) groups is 1. The van der Waals surface area contributed by atoms with Crippen LogP contribution in [0.2, 0.25) is 0 Å². The zero-order chi connectivity index (χ0) is 24.6. The summed E-state index contributed by atoms with van der Waals surface area (Å²) in [5.74, 6) is -0.541. The van der Waals surface area contributed by atoms with E-state index in [0.717, 1.165) is 17.8 Å². The van der Waals surface area contributed by atoms with Gasteiger partial charge >= 0.3 is 17.8 Å². The fourth-order valence-electron chi connectivity index (χ4n) is 3.58. The Kier molecular flexibility index (Phi) is 7.18. The van der Waals surface area contributed by atoms with Crippen LogP contribution >= 0.6 is 11.3 Å². The fourth-order valence-corrected chi connectivity index (χ4v) is 4.78. The van der Waals surface area contributed by atoms with Crippen LogP contribution in [0.3, 0.4) is 0 Å². The maximum atomic E-state index is 13.1.